The van der Waals surface area contributed by atoms with Crippen LogP contribution in [0.2, 0.25) is 25.1 Å². The first-order valence-corrected chi connectivity index (χ1v) is 9.39. The van der Waals surface area contributed by atoms with Crippen LogP contribution < -0.4 is 9.47 Å². The molecule has 3 aromatic rings. The standard InChI is InChI=1S/C18H8Cl5NO4/c19-9-3-1-4-10(20)16(9)27-14-8-7-13(24(25)26)18(15(14)23)28-17-11(21)5-2-6-12(17)22/h1-8H. The number of nitro groups is 1. The number of hydrogen-bond donors (Lipinski definition) is 0. The molecule has 0 spiro atoms. The van der Waals surface area contributed by atoms with Gasteiger partial charge in [-0.15, -0.1) is 0 Å². The predicted octanol–water partition coefficient (Wildman–Crippen LogP) is 8.45. The van der Waals surface area contributed by atoms with Crippen molar-refractivity contribution in [2.75, 3.05) is 0 Å². The number of rotatable bonds is 5. The molecule has 28 heavy (non-hydrogen) atoms. The molecule has 5 nitrogen and oxygen atoms in total. The van der Waals surface area contributed by atoms with E-state index in [4.69, 9.17) is 67.5 Å². The fourth-order valence-corrected chi connectivity index (χ4v) is 3.41. The zero-order chi connectivity index (χ0) is 20.4. The van der Waals surface area contributed by atoms with Gasteiger partial charge in [0.05, 0.1) is 25.0 Å². The molecule has 0 radical (unpaired) electrons. The summed E-state index contributed by atoms with van der Waals surface area (Å²) in [5, 5.41) is 12.0. The Kier molecular flexibility index (Phi) is 6.43. The molecular weight excluding hydrogens is 471 g/mol. The topological polar surface area (TPSA) is 61.6 Å². The molecule has 10 heteroatoms. The van der Waals surface area contributed by atoms with Crippen molar-refractivity contribution in [1.82, 2.24) is 0 Å². The van der Waals surface area contributed by atoms with Gasteiger partial charge in [0, 0.05) is 6.07 Å². The Morgan fingerprint density at radius 3 is 1.61 bits per heavy atom. The van der Waals surface area contributed by atoms with E-state index in [0.717, 1.165) is 0 Å². The molecule has 0 saturated heterocycles. The maximum atomic E-state index is 11.4. The SMILES string of the molecule is O=[N+]([O-])c1ccc(Oc2c(Cl)cccc2Cl)c(Cl)c1Oc1c(Cl)cccc1Cl. The Balaban J connectivity index is 2.11. The lowest BCUT2D eigenvalue weighted by atomic mass is 10.2. The second-order valence-electron chi connectivity index (χ2n) is 5.29. The lowest BCUT2D eigenvalue weighted by Crippen LogP contribution is -1.97. The molecule has 3 rings (SSSR count). The van der Waals surface area contributed by atoms with E-state index in [1.165, 1.54) is 24.3 Å². The molecule has 0 bridgehead atoms. The molecule has 0 aliphatic heterocycles. The van der Waals surface area contributed by atoms with Gasteiger partial charge in [0.1, 0.15) is 5.02 Å². The number of halogens is 5. The number of ether oxygens (including phenoxy) is 2. The van der Waals surface area contributed by atoms with Crippen molar-refractivity contribution in [3.63, 3.8) is 0 Å². The molecule has 0 fully saturated rings. The van der Waals surface area contributed by atoms with Gasteiger partial charge in [0.25, 0.3) is 0 Å². The van der Waals surface area contributed by atoms with Crippen LogP contribution in [0.25, 0.3) is 0 Å². The Bertz CT molecular complexity index is 1030. The summed E-state index contributed by atoms with van der Waals surface area (Å²) in [4.78, 5) is 10.8. The largest absolute Gasteiger partial charge is 0.452 e. The quantitative estimate of drug-likeness (QED) is 0.272. The van der Waals surface area contributed by atoms with Gasteiger partial charge >= 0.3 is 5.69 Å². The van der Waals surface area contributed by atoms with Gasteiger partial charge in [0.15, 0.2) is 17.2 Å². The fraction of sp³-hybridized carbons (Fsp3) is 0. The normalized spacial score (nSPS) is 10.6. The molecule has 0 saturated carbocycles. The Morgan fingerprint density at radius 1 is 0.679 bits per heavy atom. The average molecular weight is 480 g/mol. The van der Waals surface area contributed by atoms with Gasteiger partial charge in [-0.2, -0.15) is 0 Å². The van der Waals surface area contributed by atoms with Gasteiger partial charge in [-0.25, -0.2) is 0 Å². The summed E-state index contributed by atoms with van der Waals surface area (Å²) in [7, 11) is 0. The fourth-order valence-electron chi connectivity index (χ4n) is 2.22. The van der Waals surface area contributed by atoms with Crippen molar-refractivity contribution in [2.24, 2.45) is 0 Å². The third-order valence-electron chi connectivity index (χ3n) is 3.49. The Hall–Kier alpha value is -1.89. The summed E-state index contributed by atoms with van der Waals surface area (Å²) in [5.74, 6) is -0.0881. The molecule has 0 amide bonds. The second-order valence-corrected chi connectivity index (χ2v) is 7.30. The number of nitro benzene ring substituents is 1. The summed E-state index contributed by atoms with van der Waals surface area (Å²) >= 11 is 30.7. The molecule has 0 aliphatic carbocycles. The van der Waals surface area contributed by atoms with E-state index in [1.54, 1.807) is 24.3 Å². The molecule has 0 aromatic heterocycles. The van der Waals surface area contributed by atoms with Crippen molar-refractivity contribution in [2.45, 2.75) is 0 Å². The van der Waals surface area contributed by atoms with E-state index < -0.39 is 10.6 Å². The third kappa shape index (κ3) is 4.24. The van der Waals surface area contributed by atoms with Crippen molar-refractivity contribution in [3.05, 3.63) is 83.8 Å². The highest BCUT2D eigenvalue weighted by molar-refractivity contribution is 6.38. The van der Waals surface area contributed by atoms with Crippen molar-refractivity contribution in [1.29, 1.82) is 0 Å². The summed E-state index contributed by atoms with van der Waals surface area (Å²) in [6, 6.07) is 11.9. The van der Waals surface area contributed by atoms with E-state index >= 15 is 0 Å². The van der Waals surface area contributed by atoms with Gasteiger partial charge in [-0.05, 0) is 30.3 Å². The molecule has 3 aromatic carbocycles. The van der Waals surface area contributed by atoms with Crippen LogP contribution in [0.4, 0.5) is 5.69 Å². The van der Waals surface area contributed by atoms with E-state index in [1.807, 2.05) is 0 Å². The van der Waals surface area contributed by atoms with E-state index in [0.29, 0.717) is 0 Å². The number of benzene rings is 3. The minimum absolute atomic E-state index is 0.0174. The smallest absolute Gasteiger partial charge is 0.313 e. The second kappa shape index (κ2) is 8.64. The average Bonchev–Trinajstić information content (AvgIpc) is 2.63. The Labute approximate surface area is 184 Å². The van der Waals surface area contributed by atoms with Crippen LogP contribution in [0.1, 0.15) is 0 Å². The molecule has 0 atom stereocenters. The Morgan fingerprint density at radius 2 is 1.14 bits per heavy atom. The third-order valence-corrected chi connectivity index (χ3v) is 5.04. The van der Waals surface area contributed by atoms with E-state index in [2.05, 4.69) is 0 Å². The van der Waals surface area contributed by atoms with Crippen LogP contribution in [0, 0.1) is 10.1 Å². The first-order chi connectivity index (χ1) is 13.3. The van der Waals surface area contributed by atoms with Crippen LogP contribution in [-0.2, 0) is 0 Å². The van der Waals surface area contributed by atoms with Crippen LogP contribution in [0.5, 0.6) is 23.0 Å². The molecule has 144 valence electrons. The predicted molar refractivity (Wildman–Crippen MR) is 111 cm³/mol. The number of para-hydroxylation sites is 2. The molecule has 0 unspecified atom stereocenters. The minimum atomic E-state index is -0.655. The maximum absolute atomic E-state index is 11.4. The lowest BCUT2D eigenvalue weighted by molar-refractivity contribution is -0.385. The minimum Gasteiger partial charge on any atom is -0.452 e. The highest BCUT2D eigenvalue weighted by Gasteiger charge is 2.25. The first kappa shape index (κ1) is 20.8. The molecule has 0 heterocycles. The van der Waals surface area contributed by atoms with Crippen LogP contribution in [-0.4, -0.2) is 4.92 Å². The molecular formula is C18H8Cl5NO4. The van der Waals surface area contributed by atoms with Crippen LogP contribution >= 0.6 is 58.0 Å². The maximum Gasteiger partial charge on any atom is 0.313 e. The van der Waals surface area contributed by atoms with Crippen LogP contribution in [0.3, 0.4) is 0 Å². The van der Waals surface area contributed by atoms with Crippen LogP contribution in [0.15, 0.2) is 48.5 Å². The van der Waals surface area contributed by atoms with Gasteiger partial charge in [-0.1, -0.05) is 70.1 Å². The van der Waals surface area contributed by atoms with Gasteiger partial charge in [0.2, 0.25) is 5.75 Å². The summed E-state index contributed by atoms with van der Waals surface area (Å²) in [5.41, 5.74) is -0.404. The zero-order valence-electron chi connectivity index (χ0n) is 13.6. The highest BCUT2D eigenvalue weighted by atomic mass is 35.5. The lowest BCUT2D eigenvalue weighted by Gasteiger charge is -2.15. The van der Waals surface area contributed by atoms with Crippen molar-refractivity contribution >= 4 is 63.7 Å². The summed E-state index contributed by atoms with van der Waals surface area (Å²) < 4.78 is 11.3. The number of nitrogens with zero attached hydrogens (tertiary/aromatic N) is 1. The molecule has 0 N–H and O–H groups in total. The van der Waals surface area contributed by atoms with Crippen molar-refractivity contribution in [3.8, 4) is 23.0 Å². The van der Waals surface area contributed by atoms with Gasteiger partial charge in [-0.3, -0.25) is 10.1 Å². The zero-order valence-corrected chi connectivity index (χ0v) is 17.4. The molecule has 0 aliphatic rings. The first-order valence-electron chi connectivity index (χ1n) is 7.50. The summed E-state index contributed by atoms with van der Waals surface area (Å²) in [6.07, 6.45) is 0. The van der Waals surface area contributed by atoms with E-state index in [-0.39, 0.29) is 48.1 Å². The van der Waals surface area contributed by atoms with Crippen molar-refractivity contribution < 1.29 is 14.4 Å². The van der Waals surface area contributed by atoms with E-state index in [9.17, 15) is 10.1 Å². The van der Waals surface area contributed by atoms with Gasteiger partial charge < -0.3 is 9.47 Å². The monoisotopic (exact) mass is 477 g/mol. The summed E-state index contributed by atoms with van der Waals surface area (Å²) in [6.45, 7) is 0. The highest BCUT2D eigenvalue weighted by Crippen LogP contribution is 2.48. The number of hydrogen-bond acceptors (Lipinski definition) is 4.